The van der Waals surface area contributed by atoms with Gasteiger partial charge in [-0.05, 0) is 24.5 Å². The Bertz CT molecular complexity index is 395. The quantitative estimate of drug-likeness (QED) is 0.821. The maximum absolute atomic E-state index is 10.2. The van der Waals surface area contributed by atoms with Crippen LogP contribution < -0.4 is 10.2 Å². The van der Waals surface area contributed by atoms with E-state index < -0.39 is 5.60 Å². The van der Waals surface area contributed by atoms with E-state index in [1.54, 1.807) is 0 Å². The lowest BCUT2D eigenvalue weighted by atomic mass is 9.88. The average molecular weight is 232 g/mol. The third kappa shape index (κ3) is 2.17. The number of hydrogen-bond acceptors (Lipinski definition) is 3. The molecule has 3 nitrogen and oxygen atoms in total. The smallest absolute Gasteiger partial charge is 0.0935 e. The van der Waals surface area contributed by atoms with E-state index in [9.17, 15) is 5.11 Å². The van der Waals surface area contributed by atoms with E-state index in [1.807, 2.05) is 0 Å². The van der Waals surface area contributed by atoms with Crippen molar-refractivity contribution >= 4 is 5.69 Å². The van der Waals surface area contributed by atoms with Crippen molar-refractivity contribution in [1.29, 1.82) is 0 Å². The molecule has 2 N–H and O–H groups in total. The van der Waals surface area contributed by atoms with Gasteiger partial charge in [0.05, 0.1) is 5.60 Å². The molecule has 1 aromatic carbocycles. The molecule has 0 radical (unpaired) electrons. The van der Waals surface area contributed by atoms with Crippen molar-refractivity contribution in [3.63, 3.8) is 0 Å². The molecular formula is C14H20N2O. The van der Waals surface area contributed by atoms with Crippen molar-refractivity contribution in [2.24, 2.45) is 0 Å². The van der Waals surface area contributed by atoms with Crippen molar-refractivity contribution in [2.45, 2.75) is 24.9 Å². The average Bonchev–Trinajstić information content (AvgIpc) is 2.81. The molecule has 2 aliphatic heterocycles. The summed E-state index contributed by atoms with van der Waals surface area (Å²) in [4.78, 5) is 2.45. The van der Waals surface area contributed by atoms with Crippen molar-refractivity contribution in [3.05, 3.63) is 29.8 Å². The van der Waals surface area contributed by atoms with Gasteiger partial charge < -0.3 is 15.3 Å². The van der Waals surface area contributed by atoms with Crippen LogP contribution in [-0.2, 0) is 6.42 Å². The number of benzene rings is 1. The van der Waals surface area contributed by atoms with Gasteiger partial charge >= 0.3 is 0 Å². The standard InChI is InChI=1S/C14H20N2O/c17-14(10-15-11-14)9-12-5-1-2-6-13(12)16-7-3-4-8-16/h1-2,5-6,15,17H,3-4,7-11H2. The summed E-state index contributed by atoms with van der Waals surface area (Å²) in [6.45, 7) is 3.77. The first-order valence-corrected chi connectivity index (χ1v) is 6.53. The summed E-state index contributed by atoms with van der Waals surface area (Å²) in [5.74, 6) is 0. The molecular weight excluding hydrogens is 212 g/mol. The molecule has 0 saturated carbocycles. The van der Waals surface area contributed by atoms with Crippen LogP contribution >= 0.6 is 0 Å². The van der Waals surface area contributed by atoms with E-state index in [0.29, 0.717) is 0 Å². The fourth-order valence-electron chi connectivity index (χ4n) is 2.82. The Labute approximate surface area is 102 Å². The molecule has 1 aromatic rings. The molecule has 0 unspecified atom stereocenters. The van der Waals surface area contributed by atoms with Gasteiger partial charge in [-0.25, -0.2) is 0 Å². The number of nitrogens with zero attached hydrogens (tertiary/aromatic N) is 1. The monoisotopic (exact) mass is 232 g/mol. The maximum atomic E-state index is 10.2. The van der Waals surface area contributed by atoms with Gasteiger partial charge in [0, 0.05) is 38.3 Å². The largest absolute Gasteiger partial charge is 0.387 e. The third-order valence-corrected chi connectivity index (χ3v) is 3.87. The van der Waals surface area contributed by atoms with Crippen LogP contribution in [0.3, 0.4) is 0 Å². The van der Waals surface area contributed by atoms with Crippen LogP contribution in [0.5, 0.6) is 0 Å². The van der Waals surface area contributed by atoms with E-state index in [0.717, 1.165) is 32.6 Å². The summed E-state index contributed by atoms with van der Waals surface area (Å²) >= 11 is 0. The molecule has 2 saturated heterocycles. The van der Waals surface area contributed by atoms with Crippen molar-refractivity contribution in [1.82, 2.24) is 5.32 Å². The minimum Gasteiger partial charge on any atom is -0.387 e. The Morgan fingerprint density at radius 1 is 1.18 bits per heavy atom. The van der Waals surface area contributed by atoms with Crippen LogP contribution in [0.4, 0.5) is 5.69 Å². The summed E-state index contributed by atoms with van der Waals surface area (Å²) in [7, 11) is 0. The Morgan fingerprint density at radius 2 is 1.88 bits per heavy atom. The molecule has 0 atom stereocenters. The number of para-hydroxylation sites is 1. The molecule has 3 rings (SSSR count). The second kappa shape index (κ2) is 4.31. The van der Waals surface area contributed by atoms with Crippen LogP contribution in [0.15, 0.2) is 24.3 Å². The molecule has 2 fully saturated rings. The summed E-state index contributed by atoms with van der Waals surface area (Å²) in [6.07, 6.45) is 3.35. The lowest BCUT2D eigenvalue weighted by Gasteiger charge is -2.38. The zero-order valence-corrected chi connectivity index (χ0v) is 10.2. The van der Waals surface area contributed by atoms with Gasteiger partial charge in [0.25, 0.3) is 0 Å². The van der Waals surface area contributed by atoms with Gasteiger partial charge in [0.2, 0.25) is 0 Å². The highest BCUT2D eigenvalue weighted by Gasteiger charge is 2.35. The van der Waals surface area contributed by atoms with Crippen molar-refractivity contribution in [3.8, 4) is 0 Å². The molecule has 0 aliphatic carbocycles. The molecule has 17 heavy (non-hydrogen) atoms. The van der Waals surface area contributed by atoms with E-state index in [4.69, 9.17) is 0 Å². The van der Waals surface area contributed by atoms with E-state index in [-0.39, 0.29) is 0 Å². The van der Waals surface area contributed by atoms with Crippen molar-refractivity contribution in [2.75, 3.05) is 31.1 Å². The summed E-state index contributed by atoms with van der Waals surface area (Å²) in [6, 6.07) is 8.52. The van der Waals surface area contributed by atoms with E-state index >= 15 is 0 Å². The second-order valence-electron chi connectivity index (χ2n) is 5.33. The van der Waals surface area contributed by atoms with Gasteiger partial charge in [-0.15, -0.1) is 0 Å². The zero-order valence-electron chi connectivity index (χ0n) is 10.2. The zero-order chi connectivity index (χ0) is 11.7. The molecule has 0 bridgehead atoms. The predicted molar refractivity (Wildman–Crippen MR) is 69.4 cm³/mol. The van der Waals surface area contributed by atoms with Crippen LogP contribution in [0.2, 0.25) is 0 Å². The lowest BCUT2D eigenvalue weighted by Crippen LogP contribution is -2.60. The number of anilines is 1. The topological polar surface area (TPSA) is 35.5 Å². The first-order valence-electron chi connectivity index (χ1n) is 6.53. The SMILES string of the molecule is OC1(Cc2ccccc2N2CCCC2)CNC1. The maximum Gasteiger partial charge on any atom is 0.0935 e. The van der Waals surface area contributed by atoms with Gasteiger partial charge in [-0.2, -0.15) is 0 Å². The van der Waals surface area contributed by atoms with Crippen LogP contribution in [0, 0.1) is 0 Å². The minimum absolute atomic E-state index is 0.518. The molecule has 0 spiro atoms. The number of β-amino-alcohol motifs (C(OH)–C–C–N with tert-alkyl or cyclic N) is 1. The predicted octanol–water partition coefficient (Wildman–Crippen LogP) is 1.16. The molecule has 3 heteroatoms. The first-order chi connectivity index (χ1) is 8.27. The van der Waals surface area contributed by atoms with E-state index in [1.165, 1.54) is 24.1 Å². The van der Waals surface area contributed by atoms with Crippen LogP contribution in [0.25, 0.3) is 0 Å². The molecule has 0 amide bonds. The highest BCUT2D eigenvalue weighted by Crippen LogP contribution is 2.28. The van der Waals surface area contributed by atoms with Crippen molar-refractivity contribution < 1.29 is 5.11 Å². The second-order valence-corrected chi connectivity index (χ2v) is 5.33. The first kappa shape index (κ1) is 11.1. The molecule has 2 heterocycles. The summed E-state index contributed by atoms with van der Waals surface area (Å²) in [5, 5.41) is 13.4. The fourth-order valence-corrected chi connectivity index (χ4v) is 2.82. The number of hydrogen-bond donors (Lipinski definition) is 2. The normalized spacial score (nSPS) is 22.5. The fraction of sp³-hybridized carbons (Fsp3) is 0.571. The van der Waals surface area contributed by atoms with Gasteiger partial charge in [0.1, 0.15) is 0 Å². The number of rotatable bonds is 3. The highest BCUT2D eigenvalue weighted by molar-refractivity contribution is 5.54. The molecule has 0 aromatic heterocycles. The molecule has 92 valence electrons. The summed E-state index contributed by atoms with van der Waals surface area (Å²) in [5.41, 5.74) is 2.10. The van der Waals surface area contributed by atoms with E-state index in [2.05, 4.69) is 34.5 Å². The third-order valence-electron chi connectivity index (χ3n) is 3.87. The van der Waals surface area contributed by atoms with Gasteiger partial charge in [0.15, 0.2) is 0 Å². The van der Waals surface area contributed by atoms with Gasteiger partial charge in [-0.3, -0.25) is 0 Å². The number of nitrogens with one attached hydrogen (secondary N) is 1. The Hall–Kier alpha value is -1.06. The Kier molecular flexibility index (Phi) is 2.81. The lowest BCUT2D eigenvalue weighted by molar-refractivity contribution is -0.00893. The van der Waals surface area contributed by atoms with Crippen LogP contribution in [0.1, 0.15) is 18.4 Å². The Morgan fingerprint density at radius 3 is 2.53 bits per heavy atom. The molecule has 2 aliphatic rings. The highest BCUT2D eigenvalue weighted by atomic mass is 16.3. The number of aliphatic hydroxyl groups is 1. The van der Waals surface area contributed by atoms with Gasteiger partial charge in [-0.1, -0.05) is 18.2 Å². The van der Waals surface area contributed by atoms with Crippen LogP contribution in [-0.4, -0.2) is 36.9 Å². The Balaban J connectivity index is 1.82. The minimum atomic E-state index is -0.518. The summed E-state index contributed by atoms with van der Waals surface area (Å²) < 4.78 is 0.